The zero-order valence-electron chi connectivity index (χ0n) is 11.3. The highest BCUT2D eigenvalue weighted by atomic mass is 15.2. The van der Waals surface area contributed by atoms with E-state index in [2.05, 4.69) is 17.3 Å². The fourth-order valence-corrected chi connectivity index (χ4v) is 4.59. The summed E-state index contributed by atoms with van der Waals surface area (Å²) in [5, 5.41) is 3.45. The number of rotatable bonds is 2. The van der Waals surface area contributed by atoms with Crippen LogP contribution in [0.25, 0.3) is 0 Å². The van der Waals surface area contributed by atoms with E-state index in [9.17, 15) is 0 Å². The smallest absolute Gasteiger partial charge is 0.0127 e. The Labute approximate surface area is 106 Å². The first-order valence-corrected chi connectivity index (χ1v) is 7.81. The summed E-state index contributed by atoms with van der Waals surface area (Å²) in [4.78, 5) is 2.91. The van der Waals surface area contributed by atoms with Gasteiger partial charge in [0.05, 0.1) is 0 Å². The number of likely N-dealkylation sites (tertiary alicyclic amines) is 1. The van der Waals surface area contributed by atoms with Gasteiger partial charge in [0, 0.05) is 18.1 Å². The number of fused-ring (bicyclic) bond motifs is 1. The third-order valence-electron chi connectivity index (χ3n) is 5.63. The molecule has 0 aromatic heterocycles. The Bertz CT molecular complexity index is 245. The van der Waals surface area contributed by atoms with E-state index < -0.39 is 0 Å². The molecule has 0 spiro atoms. The summed E-state index contributed by atoms with van der Waals surface area (Å²) < 4.78 is 0. The van der Waals surface area contributed by atoms with Gasteiger partial charge in [-0.2, -0.15) is 0 Å². The summed E-state index contributed by atoms with van der Waals surface area (Å²) in [6.07, 6.45) is 13.2. The molecule has 0 radical (unpaired) electrons. The quantitative estimate of drug-likeness (QED) is 0.793. The second kappa shape index (κ2) is 5.27. The van der Waals surface area contributed by atoms with Gasteiger partial charge in [0.15, 0.2) is 0 Å². The largest absolute Gasteiger partial charge is 0.317 e. The minimum Gasteiger partial charge on any atom is -0.317 e. The van der Waals surface area contributed by atoms with Crippen LogP contribution in [-0.2, 0) is 0 Å². The Morgan fingerprint density at radius 3 is 2.41 bits per heavy atom. The SMILES string of the molecule is CNC1CCC(N2CCC3CCCCC32)CC1. The van der Waals surface area contributed by atoms with Crippen molar-refractivity contribution < 1.29 is 0 Å². The zero-order valence-corrected chi connectivity index (χ0v) is 11.3. The summed E-state index contributed by atoms with van der Waals surface area (Å²) >= 11 is 0. The maximum absolute atomic E-state index is 3.45. The minimum absolute atomic E-state index is 0.802. The fraction of sp³-hybridized carbons (Fsp3) is 1.00. The van der Waals surface area contributed by atoms with Gasteiger partial charge in [0.25, 0.3) is 0 Å². The normalized spacial score (nSPS) is 43.6. The van der Waals surface area contributed by atoms with E-state index >= 15 is 0 Å². The number of hydrogen-bond donors (Lipinski definition) is 1. The standard InChI is InChI=1S/C15H28N2/c1-16-13-6-8-14(9-7-13)17-11-10-12-4-2-3-5-15(12)17/h12-16H,2-11H2,1H3. The molecule has 98 valence electrons. The molecule has 1 saturated heterocycles. The fourth-order valence-electron chi connectivity index (χ4n) is 4.59. The van der Waals surface area contributed by atoms with Gasteiger partial charge in [-0.1, -0.05) is 12.8 Å². The third-order valence-corrected chi connectivity index (χ3v) is 5.63. The van der Waals surface area contributed by atoms with E-state index in [0.717, 1.165) is 24.0 Å². The molecule has 2 saturated carbocycles. The van der Waals surface area contributed by atoms with Crippen molar-refractivity contribution in [2.75, 3.05) is 13.6 Å². The molecular weight excluding hydrogens is 208 g/mol. The van der Waals surface area contributed by atoms with Crippen LogP contribution in [0.1, 0.15) is 57.8 Å². The van der Waals surface area contributed by atoms with Crippen LogP contribution < -0.4 is 5.32 Å². The molecule has 3 fully saturated rings. The predicted octanol–water partition coefficient (Wildman–Crippen LogP) is 2.78. The average molecular weight is 236 g/mol. The Balaban J connectivity index is 1.58. The predicted molar refractivity (Wildman–Crippen MR) is 72.2 cm³/mol. The van der Waals surface area contributed by atoms with Crippen molar-refractivity contribution in [2.45, 2.75) is 75.9 Å². The molecule has 1 heterocycles. The van der Waals surface area contributed by atoms with Crippen molar-refractivity contribution in [2.24, 2.45) is 5.92 Å². The second-order valence-corrected chi connectivity index (χ2v) is 6.43. The van der Waals surface area contributed by atoms with Crippen molar-refractivity contribution in [3.8, 4) is 0 Å². The lowest BCUT2D eigenvalue weighted by Crippen LogP contribution is -2.45. The maximum Gasteiger partial charge on any atom is 0.0127 e. The Kier molecular flexibility index (Phi) is 3.72. The van der Waals surface area contributed by atoms with Crippen LogP contribution in [0.5, 0.6) is 0 Å². The monoisotopic (exact) mass is 236 g/mol. The molecule has 2 atom stereocenters. The maximum atomic E-state index is 3.45. The van der Waals surface area contributed by atoms with Gasteiger partial charge in [-0.25, -0.2) is 0 Å². The van der Waals surface area contributed by atoms with Crippen LogP contribution in [0.2, 0.25) is 0 Å². The Morgan fingerprint density at radius 1 is 0.882 bits per heavy atom. The first-order chi connectivity index (χ1) is 8.38. The lowest BCUT2D eigenvalue weighted by Gasteiger charge is -2.40. The van der Waals surface area contributed by atoms with Crippen molar-refractivity contribution in [1.82, 2.24) is 10.2 Å². The Hall–Kier alpha value is -0.0800. The number of hydrogen-bond acceptors (Lipinski definition) is 2. The van der Waals surface area contributed by atoms with E-state index in [-0.39, 0.29) is 0 Å². The molecule has 0 amide bonds. The van der Waals surface area contributed by atoms with Crippen LogP contribution in [0.15, 0.2) is 0 Å². The highest BCUT2D eigenvalue weighted by molar-refractivity contribution is 4.94. The first kappa shape index (κ1) is 12.0. The average Bonchev–Trinajstić information content (AvgIpc) is 2.83. The van der Waals surface area contributed by atoms with E-state index in [1.165, 1.54) is 64.3 Å². The third kappa shape index (κ3) is 2.39. The van der Waals surface area contributed by atoms with Gasteiger partial charge in [0.1, 0.15) is 0 Å². The van der Waals surface area contributed by atoms with Gasteiger partial charge >= 0.3 is 0 Å². The van der Waals surface area contributed by atoms with Gasteiger partial charge in [-0.05, 0) is 64.5 Å². The number of nitrogens with zero attached hydrogens (tertiary/aromatic N) is 1. The topological polar surface area (TPSA) is 15.3 Å². The molecule has 2 unspecified atom stereocenters. The summed E-state index contributed by atoms with van der Waals surface area (Å²) in [6.45, 7) is 1.41. The molecule has 2 aliphatic carbocycles. The van der Waals surface area contributed by atoms with Crippen LogP contribution in [0.4, 0.5) is 0 Å². The molecule has 2 nitrogen and oxygen atoms in total. The molecule has 2 heteroatoms. The number of nitrogens with one attached hydrogen (secondary N) is 1. The van der Waals surface area contributed by atoms with E-state index in [4.69, 9.17) is 0 Å². The zero-order chi connectivity index (χ0) is 11.7. The van der Waals surface area contributed by atoms with E-state index in [0.29, 0.717) is 0 Å². The van der Waals surface area contributed by atoms with Crippen molar-refractivity contribution in [3.63, 3.8) is 0 Å². The molecule has 0 aromatic rings. The van der Waals surface area contributed by atoms with Gasteiger partial charge in [-0.15, -0.1) is 0 Å². The van der Waals surface area contributed by atoms with Crippen molar-refractivity contribution >= 4 is 0 Å². The van der Waals surface area contributed by atoms with Gasteiger partial charge < -0.3 is 5.32 Å². The molecule has 17 heavy (non-hydrogen) atoms. The van der Waals surface area contributed by atoms with Crippen LogP contribution in [0, 0.1) is 5.92 Å². The minimum atomic E-state index is 0.802. The summed E-state index contributed by atoms with van der Waals surface area (Å²) in [5.41, 5.74) is 0. The lowest BCUT2D eigenvalue weighted by molar-refractivity contribution is 0.100. The van der Waals surface area contributed by atoms with Crippen molar-refractivity contribution in [1.29, 1.82) is 0 Å². The second-order valence-electron chi connectivity index (χ2n) is 6.43. The molecule has 3 rings (SSSR count). The summed E-state index contributed by atoms with van der Waals surface area (Å²) in [5.74, 6) is 1.06. The van der Waals surface area contributed by atoms with Crippen LogP contribution >= 0.6 is 0 Å². The molecule has 0 aromatic carbocycles. The molecular formula is C15H28N2. The van der Waals surface area contributed by atoms with E-state index in [1.807, 2.05) is 0 Å². The molecule has 1 aliphatic heterocycles. The van der Waals surface area contributed by atoms with Crippen molar-refractivity contribution in [3.05, 3.63) is 0 Å². The highest BCUT2D eigenvalue weighted by Gasteiger charge is 2.39. The molecule has 0 bridgehead atoms. The van der Waals surface area contributed by atoms with Gasteiger partial charge in [-0.3, -0.25) is 4.90 Å². The summed E-state index contributed by atoms with van der Waals surface area (Å²) in [7, 11) is 2.12. The molecule has 3 aliphatic rings. The summed E-state index contributed by atoms with van der Waals surface area (Å²) in [6, 6.07) is 2.70. The van der Waals surface area contributed by atoms with Gasteiger partial charge in [0.2, 0.25) is 0 Å². The molecule has 1 N–H and O–H groups in total. The van der Waals surface area contributed by atoms with Crippen LogP contribution in [-0.4, -0.2) is 36.6 Å². The van der Waals surface area contributed by atoms with E-state index in [1.54, 1.807) is 0 Å². The first-order valence-electron chi connectivity index (χ1n) is 7.81. The van der Waals surface area contributed by atoms with Crippen LogP contribution in [0.3, 0.4) is 0 Å². The Morgan fingerprint density at radius 2 is 1.65 bits per heavy atom. The lowest BCUT2D eigenvalue weighted by atomic mass is 9.83. The highest BCUT2D eigenvalue weighted by Crippen LogP contribution is 2.39.